The Kier molecular flexibility index (Phi) is 5.16. The van der Waals surface area contributed by atoms with Crippen LogP contribution in [0.2, 0.25) is 5.02 Å². The number of hydrogen-bond donors (Lipinski definition) is 1. The molecule has 0 bridgehead atoms. The second-order valence-corrected chi connectivity index (χ2v) is 7.15. The topological polar surface area (TPSA) is 47.6 Å². The summed E-state index contributed by atoms with van der Waals surface area (Å²) in [7, 11) is 1.60. The van der Waals surface area contributed by atoms with E-state index in [9.17, 15) is 4.79 Å². The average Bonchev–Trinajstić information content (AvgIpc) is 2.92. The van der Waals surface area contributed by atoms with E-state index in [1.807, 2.05) is 50.2 Å². The van der Waals surface area contributed by atoms with E-state index < -0.39 is 0 Å². The monoisotopic (exact) mass is 375 g/mol. The number of nitrogens with one attached hydrogen (secondary N) is 1. The molecular formula is C19H18ClNO3S. The van der Waals surface area contributed by atoms with Crippen molar-refractivity contribution in [1.29, 1.82) is 0 Å². The van der Waals surface area contributed by atoms with E-state index in [-0.39, 0.29) is 12.0 Å². The number of halogens is 1. The third-order valence-electron chi connectivity index (χ3n) is 3.54. The molecule has 0 aliphatic rings. The molecule has 0 unspecified atom stereocenters. The fourth-order valence-corrected chi connectivity index (χ4v) is 3.81. The van der Waals surface area contributed by atoms with Crippen molar-refractivity contribution in [1.82, 2.24) is 0 Å². The molecule has 2 aromatic carbocycles. The van der Waals surface area contributed by atoms with Crippen LogP contribution in [-0.4, -0.2) is 19.1 Å². The van der Waals surface area contributed by atoms with Crippen LogP contribution < -0.4 is 14.8 Å². The molecule has 1 N–H and O–H groups in total. The standard InChI is InChI=1S/C19H18ClNO3S/c1-11(2)24-15-7-5-4-6-14(15)21-19(22)18-17(20)13-10-12(23-3)8-9-16(13)25-18/h4-11H,1-3H3,(H,21,22). The zero-order valence-corrected chi connectivity index (χ0v) is 15.7. The smallest absolute Gasteiger partial charge is 0.267 e. The molecule has 1 heterocycles. The molecule has 0 radical (unpaired) electrons. The number of carbonyl (C=O) groups excluding carboxylic acids is 1. The van der Waals surface area contributed by atoms with Gasteiger partial charge in [-0.1, -0.05) is 23.7 Å². The minimum absolute atomic E-state index is 0.0124. The predicted octanol–water partition coefficient (Wildman–Crippen LogP) is 5.60. The maximum Gasteiger partial charge on any atom is 0.267 e. The minimum Gasteiger partial charge on any atom is -0.497 e. The van der Waals surface area contributed by atoms with Crippen LogP contribution in [0.15, 0.2) is 42.5 Å². The quantitative estimate of drug-likeness (QED) is 0.631. The molecule has 0 saturated carbocycles. The van der Waals surface area contributed by atoms with Crippen LogP contribution >= 0.6 is 22.9 Å². The summed E-state index contributed by atoms with van der Waals surface area (Å²) >= 11 is 7.78. The summed E-state index contributed by atoms with van der Waals surface area (Å²) in [5, 5.41) is 4.13. The highest BCUT2D eigenvalue weighted by atomic mass is 35.5. The maximum atomic E-state index is 12.7. The Morgan fingerprint density at radius 3 is 2.68 bits per heavy atom. The van der Waals surface area contributed by atoms with Crippen molar-refractivity contribution in [3.63, 3.8) is 0 Å². The van der Waals surface area contributed by atoms with Gasteiger partial charge in [0.05, 0.1) is 23.9 Å². The molecule has 0 saturated heterocycles. The first-order valence-corrected chi connectivity index (χ1v) is 9.02. The predicted molar refractivity (Wildman–Crippen MR) is 104 cm³/mol. The van der Waals surface area contributed by atoms with Crippen LogP contribution in [0.5, 0.6) is 11.5 Å². The van der Waals surface area contributed by atoms with Crippen molar-refractivity contribution >= 4 is 44.6 Å². The zero-order valence-electron chi connectivity index (χ0n) is 14.1. The number of thiophene rings is 1. The average molecular weight is 376 g/mol. The minimum atomic E-state index is -0.259. The molecule has 0 fully saturated rings. The summed E-state index contributed by atoms with van der Waals surface area (Å²) in [6, 6.07) is 12.9. The van der Waals surface area contributed by atoms with Gasteiger partial charge in [-0.2, -0.15) is 0 Å². The fraction of sp³-hybridized carbons (Fsp3) is 0.211. The Morgan fingerprint density at radius 2 is 1.96 bits per heavy atom. The van der Waals surface area contributed by atoms with Crippen LogP contribution in [0, 0.1) is 0 Å². The number of anilines is 1. The van der Waals surface area contributed by atoms with Crippen molar-refractivity contribution < 1.29 is 14.3 Å². The van der Waals surface area contributed by atoms with E-state index in [1.54, 1.807) is 13.2 Å². The van der Waals surface area contributed by atoms with Crippen LogP contribution in [0.4, 0.5) is 5.69 Å². The number of amides is 1. The summed E-state index contributed by atoms with van der Waals surface area (Å²) < 4.78 is 11.9. The van der Waals surface area contributed by atoms with Gasteiger partial charge in [-0.25, -0.2) is 0 Å². The fourth-order valence-electron chi connectivity index (χ4n) is 2.43. The molecule has 0 spiro atoms. The van der Waals surface area contributed by atoms with Gasteiger partial charge in [0.25, 0.3) is 5.91 Å². The number of ether oxygens (including phenoxy) is 2. The first-order valence-electron chi connectivity index (χ1n) is 7.82. The Morgan fingerprint density at radius 1 is 1.20 bits per heavy atom. The SMILES string of the molecule is COc1ccc2sc(C(=O)Nc3ccccc3OC(C)C)c(Cl)c2c1. The second kappa shape index (κ2) is 7.33. The maximum absolute atomic E-state index is 12.7. The van der Waals surface area contributed by atoms with Gasteiger partial charge in [-0.05, 0) is 44.2 Å². The highest BCUT2D eigenvalue weighted by molar-refractivity contribution is 7.21. The number of hydrogen-bond acceptors (Lipinski definition) is 4. The highest BCUT2D eigenvalue weighted by Gasteiger charge is 2.19. The number of carbonyl (C=O) groups is 1. The lowest BCUT2D eigenvalue weighted by atomic mass is 10.2. The van der Waals surface area contributed by atoms with Gasteiger partial charge in [0, 0.05) is 10.1 Å². The van der Waals surface area contributed by atoms with E-state index >= 15 is 0 Å². The normalized spacial score (nSPS) is 10.9. The number of benzene rings is 2. The van der Waals surface area contributed by atoms with Crippen molar-refractivity contribution in [2.45, 2.75) is 20.0 Å². The molecule has 0 atom stereocenters. The molecule has 1 aromatic heterocycles. The summed E-state index contributed by atoms with van der Waals surface area (Å²) in [5.41, 5.74) is 0.618. The molecule has 0 aliphatic carbocycles. The molecule has 1 amide bonds. The number of fused-ring (bicyclic) bond motifs is 1. The van der Waals surface area contributed by atoms with Gasteiger partial charge < -0.3 is 14.8 Å². The third kappa shape index (κ3) is 3.72. The summed E-state index contributed by atoms with van der Waals surface area (Å²) in [6.07, 6.45) is 0.0124. The van der Waals surface area contributed by atoms with E-state index in [1.165, 1.54) is 11.3 Å². The molecule has 25 heavy (non-hydrogen) atoms. The van der Waals surface area contributed by atoms with Crippen molar-refractivity contribution in [2.24, 2.45) is 0 Å². The number of rotatable bonds is 5. The second-order valence-electron chi connectivity index (χ2n) is 5.72. The van der Waals surface area contributed by atoms with Gasteiger partial charge in [-0.3, -0.25) is 4.79 Å². The first kappa shape index (κ1) is 17.6. The molecule has 6 heteroatoms. The largest absolute Gasteiger partial charge is 0.497 e. The van der Waals surface area contributed by atoms with Crippen molar-refractivity contribution in [2.75, 3.05) is 12.4 Å². The molecule has 3 rings (SSSR count). The summed E-state index contributed by atoms with van der Waals surface area (Å²) in [4.78, 5) is 13.2. The van der Waals surface area contributed by atoms with E-state index in [2.05, 4.69) is 5.32 Å². The van der Waals surface area contributed by atoms with E-state index in [4.69, 9.17) is 21.1 Å². The first-order chi connectivity index (χ1) is 12.0. The van der Waals surface area contributed by atoms with Crippen molar-refractivity contribution in [3.05, 3.63) is 52.4 Å². The molecule has 0 aliphatic heterocycles. The van der Waals surface area contributed by atoms with Crippen LogP contribution in [0.3, 0.4) is 0 Å². The van der Waals surface area contributed by atoms with Gasteiger partial charge in [0.2, 0.25) is 0 Å². The Bertz CT molecular complexity index is 920. The number of para-hydroxylation sites is 2. The van der Waals surface area contributed by atoms with Gasteiger partial charge in [0.15, 0.2) is 0 Å². The summed E-state index contributed by atoms with van der Waals surface area (Å²) in [5.74, 6) is 1.07. The van der Waals surface area contributed by atoms with Crippen molar-refractivity contribution in [3.8, 4) is 11.5 Å². The van der Waals surface area contributed by atoms with Gasteiger partial charge in [0.1, 0.15) is 16.4 Å². The Hall–Kier alpha value is -2.24. The lowest BCUT2D eigenvalue weighted by molar-refractivity contribution is 0.103. The lowest BCUT2D eigenvalue weighted by Crippen LogP contribution is -2.13. The number of methoxy groups -OCH3 is 1. The Labute approximate surface area is 155 Å². The van der Waals surface area contributed by atoms with Gasteiger partial charge >= 0.3 is 0 Å². The molecule has 3 aromatic rings. The summed E-state index contributed by atoms with van der Waals surface area (Å²) in [6.45, 7) is 3.88. The van der Waals surface area contributed by atoms with Crippen LogP contribution in [0.1, 0.15) is 23.5 Å². The highest BCUT2D eigenvalue weighted by Crippen LogP contribution is 2.38. The molecular weight excluding hydrogens is 358 g/mol. The molecule has 4 nitrogen and oxygen atoms in total. The zero-order chi connectivity index (χ0) is 18.0. The third-order valence-corrected chi connectivity index (χ3v) is 5.21. The lowest BCUT2D eigenvalue weighted by Gasteiger charge is -2.14. The Balaban J connectivity index is 1.92. The van der Waals surface area contributed by atoms with E-state index in [0.717, 1.165) is 10.1 Å². The van der Waals surface area contributed by atoms with Gasteiger partial charge in [-0.15, -0.1) is 11.3 Å². The molecule has 130 valence electrons. The van der Waals surface area contributed by atoms with Crippen LogP contribution in [-0.2, 0) is 0 Å². The van der Waals surface area contributed by atoms with E-state index in [0.29, 0.717) is 27.1 Å². The van der Waals surface area contributed by atoms with Crippen LogP contribution in [0.25, 0.3) is 10.1 Å².